The number of rotatable bonds is 4. The topological polar surface area (TPSA) is 87.3 Å². The van der Waals surface area contributed by atoms with E-state index in [9.17, 15) is 14.4 Å². The van der Waals surface area contributed by atoms with E-state index in [0.29, 0.717) is 5.69 Å². The van der Waals surface area contributed by atoms with Gasteiger partial charge in [0.1, 0.15) is 5.92 Å². The van der Waals surface area contributed by atoms with E-state index in [1.54, 1.807) is 12.1 Å². The first-order valence-corrected chi connectivity index (χ1v) is 6.50. The lowest BCUT2D eigenvalue weighted by Gasteiger charge is -2.06. The van der Waals surface area contributed by atoms with Gasteiger partial charge < -0.3 is 5.32 Å². The van der Waals surface area contributed by atoms with E-state index >= 15 is 0 Å². The predicted octanol–water partition coefficient (Wildman–Crippen LogP) is 0.945. The molecule has 2 rings (SSSR count). The van der Waals surface area contributed by atoms with Gasteiger partial charge in [-0.3, -0.25) is 25.2 Å². The zero-order valence-corrected chi connectivity index (χ0v) is 11.5. The molecule has 1 saturated heterocycles. The third-order valence-corrected chi connectivity index (χ3v) is 3.26. The van der Waals surface area contributed by atoms with Crippen LogP contribution < -0.4 is 16.2 Å². The van der Waals surface area contributed by atoms with Gasteiger partial charge in [0.15, 0.2) is 0 Å². The Morgan fingerprint density at radius 2 is 1.74 bits per heavy atom. The van der Waals surface area contributed by atoms with Gasteiger partial charge in [0.25, 0.3) is 11.8 Å². The molecule has 3 amide bonds. The number of amides is 3. The first-order chi connectivity index (χ1) is 9.06. The van der Waals surface area contributed by atoms with Crippen molar-refractivity contribution in [3.05, 3.63) is 28.7 Å². The summed E-state index contributed by atoms with van der Waals surface area (Å²) in [6.45, 7) is 0. The average molecular weight is 326 g/mol. The Hall–Kier alpha value is -1.89. The molecule has 1 aromatic rings. The standard InChI is InChI=1S/C12H12BrN3O3/c13-7-1-3-8(4-2-7)14-10(17)6-5-9-11(18)15-16-12(9)19/h1-4,9H,5-6H2,(H,14,17)(H,15,18)(H,16,19). The van der Waals surface area contributed by atoms with Crippen molar-refractivity contribution in [2.45, 2.75) is 12.8 Å². The van der Waals surface area contributed by atoms with Crippen molar-refractivity contribution < 1.29 is 14.4 Å². The summed E-state index contributed by atoms with van der Waals surface area (Å²) in [5.41, 5.74) is 5.12. The van der Waals surface area contributed by atoms with Gasteiger partial charge in [-0.05, 0) is 30.7 Å². The van der Waals surface area contributed by atoms with E-state index in [1.165, 1.54) is 0 Å². The Bertz CT molecular complexity index is 499. The Morgan fingerprint density at radius 1 is 1.16 bits per heavy atom. The molecule has 1 fully saturated rings. The first-order valence-electron chi connectivity index (χ1n) is 5.71. The van der Waals surface area contributed by atoms with Crippen LogP contribution in [0.5, 0.6) is 0 Å². The second-order valence-electron chi connectivity index (χ2n) is 4.12. The van der Waals surface area contributed by atoms with Gasteiger partial charge in [0.2, 0.25) is 5.91 Å². The number of hydrogen-bond donors (Lipinski definition) is 3. The lowest BCUT2D eigenvalue weighted by Crippen LogP contribution is -2.28. The fourth-order valence-corrected chi connectivity index (χ4v) is 1.98. The highest BCUT2D eigenvalue weighted by Crippen LogP contribution is 2.15. The Labute approximate surface area is 118 Å². The maximum absolute atomic E-state index is 11.7. The second kappa shape index (κ2) is 5.83. The molecule has 0 aromatic heterocycles. The molecule has 1 heterocycles. The van der Waals surface area contributed by atoms with Crippen LogP contribution in [0, 0.1) is 5.92 Å². The van der Waals surface area contributed by atoms with Gasteiger partial charge in [-0.15, -0.1) is 0 Å². The van der Waals surface area contributed by atoms with Crippen molar-refractivity contribution in [2.24, 2.45) is 5.92 Å². The van der Waals surface area contributed by atoms with Crippen LogP contribution >= 0.6 is 15.9 Å². The van der Waals surface area contributed by atoms with E-state index in [4.69, 9.17) is 0 Å². The molecule has 0 bridgehead atoms. The van der Waals surface area contributed by atoms with Gasteiger partial charge in [0, 0.05) is 16.6 Å². The quantitative estimate of drug-likeness (QED) is 0.720. The largest absolute Gasteiger partial charge is 0.326 e. The molecular formula is C12H12BrN3O3. The molecule has 0 atom stereocenters. The summed E-state index contributed by atoms with van der Waals surface area (Å²) in [4.78, 5) is 34.2. The average Bonchev–Trinajstić information content (AvgIpc) is 2.70. The Morgan fingerprint density at radius 3 is 2.32 bits per heavy atom. The van der Waals surface area contributed by atoms with Crippen molar-refractivity contribution in [1.29, 1.82) is 0 Å². The molecule has 3 N–H and O–H groups in total. The highest BCUT2D eigenvalue weighted by Gasteiger charge is 2.32. The maximum Gasteiger partial charge on any atom is 0.251 e. The molecule has 1 aliphatic rings. The number of nitrogens with one attached hydrogen (secondary N) is 3. The van der Waals surface area contributed by atoms with Crippen LogP contribution in [-0.4, -0.2) is 17.7 Å². The lowest BCUT2D eigenvalue weighted by atomic mass is 10.0. The zero-order valence-electron chi connectivity index (χ0n) is 9.90. The van der Waals surface area contributed by atoms with Gasteiger partial charge >= 0.3 is 0 Å². The fourth-order valence-electron chi connectivity index (χ4n) is 1.71. The molecule has 0 radical (unpaired) electrons. The maximum atomic E-state index is 11.7. The first kappa shape index (κ1) is 13.5. The SMILES string of the molecule is O=C(CCC1C(=O)NNC1=O)Nc1ccc(Br)cc1. The van der Waals surface area contributed by atoms with Gasteiger partial charge in [-0.25, -0.2) is 0 Å². The third-order valence-electron chi connectivity index (χ3n) is 2.73. The molecule has 19 heavy (non-hydrogen) atoms. The molecule has 7 heteroatoms. The molecule has 1 aromatic carbocycles. The molecule has 0 aliphatic carbocycles. The van der Waals surface area contributed by atoms with Crippen LogP contribution in [0.2, 0.25) is 0 Å². The van der Waals surface area contributed by atoms with Crippen LogP contribution in [0.15, 0.2) is 28.7 Å². The molecule has 6 nitrogen and oxygen atoms in total. The highest BCUT2D eigenvalue weighted by molar-refractivity contribution is 9.10. The summed E-state index contributed by atoms with van der Waals surface area (Å²) in [5.74, 6) is -1.78. The predicted molar refractivity (Wildman–Crippen MR) is 71.8 cm³/mol. The minimum atomic E-state index is -0.782. The van der Waals surface area contributed by atoms with Crippen molar-refractivity contribution >= 4 is 39.3 Å². The second-order valence-corrected chi connectivity index (χ2v) is 5.04. The van der Waals surface area contributed by atoms with E-state index in [0.717, 1.165) is 4.47 Å². The van der Waals surface area contributed by atoms with Crippen LogP contribution in [0.4, 0.5) is 5.69 Å². The summed E-state index contributed by atoms with van der Waals surface area (Å²) in [7, 11) is 0. The number of carbonyl (C=O) groups excluding carboxylic acids is 3. The van der Waals surface area contributed by atoms with Crippen LogP contribution in [0.1, 0.15) is 12.8 Å². The van der Waals surface area contributed by atoms with Crippen molar-refractivity contribution in [3.8, 4) is 0 Å². The van der Waals surface area contributed by atoms with E-state index in [2.05, 4.69) is 32.1 Å². The summed E-state index contributed by atoms with van der Waals surface area (Å²) in [6.07, 6.45) is 0.307. The molecule has 0 unspecified atom stereocenters. The van der Waals surface area contributed by atoms with Gasteiger partial charge in [0.05, 0.1) is 0 Å². The molecule has 1 aliphatic heterocycles. The number of halogens is 1. The highest BCUT2D eigenvalue weighted by atomic mass is 79.9. The summed E-state index contributed by atoms with van der Waals surface area (Å²) in [6, 6.07) is 7.15. The minimum Gasteiger partial charge on any atom is -0.326 e. The van der Waals surface area contributed by atoms with Crippen LogP contribution in [0.3, 0.4) is 0 Å². The van der Waals surface area contributed by atoms with E-state index in [-0.39, 0.29) is 30.6 Å². The van der Waals surface area contributed by atoms with Gasteiger partial charge in [-0.1, -0.05) is 15.9 Å². The van der Waals surface area contributed by atoms with Crippen LogP contribution in [0.25, 0.3) is 0 Å². The molecular weight excluding hydrogens is 314 g/mol. The van der Waals surface area contributed by atoms with Gasteiger partial charge in [-0.2, -0.15) is 0 Å². The summed E-state index contributed by atoms with van der Waals surface area (Å²) < 4.78 is 0.921. The Balaban J connectivity index is 1.83. The van der Waals surface area contributed by atoms with E-state index < -0.39 is 5.92 Å². The minimum absolute atomic E-state index is 0.113. The van der Waals surface area contributed by atoms with E-state index in [1.807, 2.05) is 12.1 Å². The van der Waals surface area contributed by atoms with Crippen molar-refractivity contribution in [3.63, 3.8) is 0 Å². The molecule has 100 valence electrons. The third kappa shape index (κ3) is 3.54. The fraction of sp³-hybridized carbons (Fsp3) is 0.250. The molecule has 0 spiro atoms. The van der Waals surface area contributed by atoms with Crippen molar-refractivity contribution in [2.75, 3.05) is 5.32 Å². The number of benzene rings is 1. The number of carbonyl (C=O) groups is 3. The normalized spacial score (nSPS) is 15.0. The van der Waals surface area contributed by atoms with Crippen LogP contribution in [-0.2, 0) is 14.4 Å². The molecule has 0 saturated carbocycles. The number of hydrazine groups is 1. The Kier molecular flexibility index (Phi) is 4.16. The summed E-state index contributed by atoms with van der Waals surface area (Å²) >= 11 is 3.30. The lowest BCUT2D eigenvalue weighted by molar-refractivity contribution is -0.128. The monoisotopic (exact) mass is 325 g/mol. The number of anilines is 1. The smallest absolute Gasteiger partial charge is 0.251 e. The zero-order chi connectivity index (χ0) is 13.8. The van der Waals surface area contributed by atoms with Crippen molar-refractivity contribution in [1.82, 2.24) is 10.9 Å². The number of hydrogen-bond acceptors (Lipinski definition) is 3. The summed E-state index contributed by atoms with van der Waals surface area (Å²) in [5, 5.41) is 2.70.